The molecule has 9 heteroatoms. The quantitative estimate of drug-likeness (QED) is 0.123. The molecule has 5 fully saturated rings. The smallest absolute Gasteiger partial charge is 0.319 e. The minimum Gasteiger partial charge on any atom is -0.431 e. The number of nitrogens with zero attached hydrogens (tertiary/aromatic N) is 1. The molecule has 272 valence electrons. The second kappa shape index (κ2) is 14.8. The van der Waals surface area contributed by atoms with Crippen LogP contribution in [0.2, 0.25) is 0 Å². The van der Waals surface area contributed by atoms with Crippen molar-refractivity contribution in [2.24, 2.45) is 17.8 Å². The molecule has 4 saturated carbocycles. The van der Waals surface area contributed by atoms with Crippen LogP contribution in [0.15, 0.2) is 119 Å². The van der Waals surface area contributed by atoms with Crippen LogP contribution in [0.1, 0.15) is 74.0 Å². The van der Waals surface area contributed by atoms with E-state index in [1.165, 1.54) is 31.0 Å². The predicted octanol–water partition coefficient (Wildman–Crippen LogP) is 9.93. The van der Waals surface area contributed by atoms with E-state index < -0.39 is 6.29 Å². The van der Waals surface area contributed by atoms with Gasteiger partial charge in [-0.15, -0.1) is 0 Å². The number of urea groups is 1. The summed E-state index contributed by atoms with van der Waals surface area (Å²) in [4.78, 5) is 18.4. The number of amides is 2. The molecule has 53 heavy (non-hydrogen) atoms. The van der Waals surface area contributed by atoms with Gasteiger partial charge in [-0.05, 0) is 79.5 Å². The van der Waals surface area contributed by atoms with Crippen LogP contribution in [-0.4, -0.2) is 33.5 Å². The van der Waals surface area contributed by atoms with Crippen LogP contribution >= 0.6 is 11.8 Å². The van der Waals surface area contributed by atoms with E-state index in [0.29, 0.717) is 23.1 Å². The van der Waals surface area contributed by atoms with Gasteiger partial charge in [-0.25, -0.2) is 9.78 Å². The monoisotopic (exact) mass is 727 g/mol. The van der Waals surface area contributed by atoms with Gasteiger partial charge in [-0.3, -0.25) is 0 Å². The first-order chi connectivity index (χ1) is 26.0. The fourth-order valence-electron chi connectivity index (χ4n) is 9.56. The summed E-state index contributed by atoms with van der Waals surface area (Å²) in [7, 11) is 0. The number of aromatic nitrogens is 1. The summed E-state index contributed by atoms with van der Waals surface area (Å²) in [5.41, 5.74) is 6.12. The number of carbonyl (C=O) groups is 1. The summed E-state index contributed by atoms with van der Waals surface area (Å²) >= 11 is 1.53. The summed E-state index contributed by atoms with van der Waals surface area (Å²) in [5, 5.41) is 16.8. The minimum atomic E-state index is -0.658. The van der Waals surface area contributed by atoms with Gasteiger partial charge < -0.3 is 29.6 Å². The standard InChI is InChI=1S/C44H45N3O5S/c48-26-28-14-16-32(17-15-28)38-22-37(27-53-43-46-39(33-8-3-1-4-9-33)40(52-43)34-10-5-2-6-11-34)50-41(51-38)35-12-7-13-36(21-35)45-42(49)47-44-23-29-18-30(24-44)20-31(19-29)25-44/h1-17,21,29-31,37-38,41,48H,18-20,22-27H2,(H2,45,47,49)/t29?,30?,31?,37-,38+,41+,44?/m1/s1. The molecule has 2 amide bonds. The average molecular weight is 728 g/mol. The molecule has 4 bridgehead atoms. The van der Waals surface area contributed by atoms with Gasteiger partial charge in [0.25, 0.3) is 5.22 Å². The molecule has 1 saturated heterocycles. The van der Waals surface area contributed by atoms with Crippen LogP contribution in [0.4, 0.5) is 10.5 Å². The van der Waals surface area contributed by atoms with E-state index in [1.54, 1.807) is 0 Å². The van der Waals surface area contributed by atoms with Crippen molar-refractivity contribution in [3.63, 3.8) is 0 Å². The van der Waals surface area contributed by atoms with E-state index >= 15 is 0 Å². The Morgan fingerprint density at radius 1 is 0.774 bits per heavy atom. The lowest BCUT2D eigenvalue weighted by Crippen LogP contribution is -2.60. The zero-order chi connectivity index (χ0) is 35.8. The molecule has 5 aliphatic rings. The molecule has 4 aliphatic carbocycles. The number of thioether (sulfide) groups is 1. The molecule has 10 rings (SSSR count). The molecule has 1 aromatic heterocycles. The van der Waals surface area contributed by atoms with Crippen LogP contribution in [0.25, 0.3) is 22.6 Å². The number of carbonyl (C=O) groups excluding carboxylic acids is 1. The number of oxazole rings is 1. The number of rotatable bonds is 10. The Hall–Kier alpha value is -4.41. The van der Waals surface area contributed by atoms with Crippen molar-refractivity contribution in [1.82, 2.24) is 10.3 Å². The zero-order valence-corrected chi connectivity index (χ0v) is 30.5. The molecule has 0 radical (unpaired) electrons. The molecule has 3 atom stereocenters. The van der Waals surface area contributed by atoms with Gasteiger partial charge in [0.1, 0.15) is 5.69 Å². The fraction of sp³-hybridized carbons (Fsp3) is 0.364. The van der Waals surface area contributed by atoms with Gasteiger partial charge in [0.15, 0.2) is 12.1 Å². The Bertz CT molecular complexity index is 1940. The Morgan fingerprint density at radius 3 is 2.13 bits per heavy atom. The lowest BCUT2D eigenvalue weighted by Gasteiger charge is -2.56. The summed E-state index contributed by atoms with van der Waals surface area (Å²) in [6, 6.07) is 35.7. The maximum Gasteiger partial charge on any atom is 0.319 e. The highest BCUT2D eigenvalue weighted by molar-refractivity contribution is 7.99. The third kappa shape index (κ3) is 7.53. The highest BCUT2D eigenvalue weighted by Crippen LogP contribution is 2.55. The van der Waals surface area contributed by atoms with Crippen molar-refractivity contribution in [3.05, 3.63) is 126 Å². The molecule has 5 aromatic rings. The first-order valence-corrected chi connectivity index (χ1v) is 19.9. The lowest BCUT2D eigenvalue weighted by molar-refractivity contribution is -0.245. The number of benzene rings is 4. The summed E-state index contributed by atoms with van der Waals surface area (Å²) in [6.07, 6.45) is 6.84. The number of aliphatic hydroxyl groups is 1. The largest absolute Gasteiger partial charge is 0.431 e. The summed E-state index contributed by atoms with van der Waals surface area (Å²) in [5.74, 6) is 3.60. The van der Waals surface area contributed by atoms with E-state index in [2.05, 4.69) is 10.6 Å². The SMILES string of the molecule is O=C(Nc1cccc([C@H]2O[C@@H](CSc3nc(-c4ccccc4)c(-c4ccccc4)o3)C[C@@H](c3ccc(CO)cc3)O2)c1)NC12CC3CC(CC(C3)C1)C2. The van der Waals surface area contributed by atoms with Gasteiger partial charge in [-0.1, -0.05) is 109 Å². The van der Waals surface area contributed by atoms with E-state index in [-0.39, 0.29) is 30.4 Å². The Balaban J connectivity index is 0.931. The third-order valence-corrected chi connectivity index (χ3v) is 12.5. The second-order valence-electron chi connectivity index (χ2n) is 15.5. The highest BCUT2D eigenvalue weighted by atomic mass is 32.2. The van der Waals surface area contributed by atoms with Crippen molar-refractivity contribution >= 4 is 23.5 Å². The first-order valence-electron chi connectivity index (χ1n) is 18.9. The summed E-state index contributed by atoms with van der Waals surface area (Å²) < 4.78 is 19.7. The highest BCUT2D eigenvalue weighted by Gasteiger charge is 2.51. The third-order valence-electron chi connectivity index (χ3n) is 11.5. The number of nitrogens with one attached hydrogen (secondary N) is 2. The number of hydrogen-bond acceptors (Lipinski definition) is 7. The molecule has 2 heterocycles. The fourth-order valence-corrected chi connectivity index (χ4v) is 10.4. The Morgan fingerprint density at radius 2 is 1.45 bits per heavy atom. The first kappa shape index (κ1) is 34.4. The number of aliphatic hydroxyl groups excluding tert-OH is 1. The van der Waals surface area contributed by atoms with Gasteiger partial charge >= 0.3 is 6.03 Å². The molecule has 0 spiro atoms. The molecule has 0 unspecified atom stereocenters. The topological polar surface area (TPSA) is 106 Å². The van der Waals surface area contributed by atoms with Crippen LogP contribution in [0.3, 0.4) is 0 Å². The van der Waals surface area contributed by atoms with Crippen LogP contribution in [0.5, 0.6) is 0 Å². The number of hydrogen-bond donors (Lipinski definition) is 3. The molecule has 4 aromatic carbocycles. The van der Waals surface area contributed by atoms with Gasteiger partial charge in [0, 0.05) is 40.1 Å². The van der Waals surface area contributed by atoms with E-state index in [1.807, 2.05) is 109 Å². The maximum absolute atomic E-state index is 13.4. The average Bonchev–Trinajstić information content (AvgIpc) is 3.61. The lowest BCUT2D eigenvalue weighted by atomic mass is 9.53. The molecule has 8 nitrogen and oxygen atoms in total. The van der Waals surface area contributed by atoms with Gasteiger partial charge in [-0.2, -0.15) is 0 Å². The number of anilines is 1. The Labute approximate surface area is 314 Å². The Kier molecular flexibility index (Phi) is 9.59. The minimum absolute atomic E-state index is 0.0148. The van der Waals surface area contributed by atoms with Gasteiger partial charge in [0.2, 0.25) is 0 Å². The van der Waals surface area contributed by atoms with Crippen molar-refractivity contribution in [2.45, 2.75) is 80.8 Å². The molecule has 3 N–H and O–H groups in total. The molecular formula is C44H45N3O5S. The maximum atomic E-state index is 13.4. The normalized spacial score (nSPS) is 27.4. The predicted molar refractivity (Wildman–Crippen MR) is 206 cm³/mol. The van der Waals surface area contributed by atoms with Crippen LogP contribution in [-0.2, 0) is 16.1 Å². The van der Waals surface area contributed by atoms with Crippen molar-refractivity contribution in [3.8, 4) is 22.6 Å². The molecule has 1 aliphatic heterocycles. The summed E-state index contributed by atoms with van der Waals surface area (Å²) in [6.45, 7) is -0.0148. The van der Waals surface area contributed by atoms with E-state index in [9.17, 15) is 9.90 Å². The van der Waals surface area contributed by atoms with E-state index in [4.69, 9.17) is 18.9 Å². The van der Waals surface area contributed by atoms with Crippen LogP contribution < -0.4 is 10.6 Å². The van der Waals surface area contributed by atoms with Crippen LogP contribution in [0, 0.1) is 17.8 Å². The van der Waals surface area contributed by atoms with E-state index in [0.717, 1.165) is 76.3 Å². The van der Waals surface area contributed by atoms with Gasteiger partial charge in [0.05, 0.1) is 18.8 Å². The zero-order valence-electron chi connectivity index (χ0n) is 29.7. The van der Waals surface area contributed by atoms with Crippen molar-refractivity contribution in [1.29, 1.82) is 0 Å². The molecular weight excluding hydrogens is 683 g/mol. The van der Waals surface area contributed by atoms with Crippen molar-refractivity contribution < 1.29 is 23.8 Å². The van der Waals surface area contributed by atoms with Crippen molar-refractivity contribution in [2.75, 3.05) is 11.1 Å². The second-order valence-corrected chi connectivity index (χ2v) is 16.4. The number of ether oxygens (including phenoxy) is 2.